The Bertz CT molecular complexity index is 466. The minimum absolute atomic E-state index is 0.165. The minimum Gasteiger partial charge on any atom is -0.457 e. The predicted molar refractivity (Wildman–Crippen MR) is 62.8 cm³/mol. The maximum absolute atomic E-state index is 11.8. The number of benzene rings is 1. The van der Waals surface area contributed by atoms with Gasteiger partial charge in [-0.15, -0.1) is 0 Å². The zero-order chi connectivity index (χ0) is 13.0. The van der Waals surface area contributed by atoms with Gasteiger partial charge in [-0.25, -0.2) is 0 Å². The first-order valence-corrected chi connectivity index (χ1v) is 5.79. The quantitative estimate of drug-likeness (QED) is 0.590. The van der Waals surface area contributed by atoms with Gasteiger partial charge in [0.2, 0.25) is 6.79 Å². The molecule has 5 heteroatoms. The molecular weight excluding hydrogens is 236 g/mol. The molecule has 1 aliphatic heterocycles. The van der Waals surface area contributed by atoms with Gasteiger partial charge < -0.3 is 14.2 Å². The second-order valence-corrected chi connectivity index (χ2v) is 3.90. The molecule has 1 aliphatic rings. The lowest BCUT2D eigenvalue weighted by molar-refractivity contribution is -0.142. The molecule has 18 heavy (non-hydrogen) atoms. The third-order valence-corrected chi connectivity index (χ3v) is 2.51. The van der Waals surface area contributed by atoms with Crippen LogP contribution in [0, 0.1) is 0 Å². The van der Waals surface area contributed by atoms with Crippen molar-refractivity contribution in [2.45, 2.75) is 19.8 Å². The molecule has 1 aromatic carbocycles. The van der Waals surface area contributed by atoms with Gasteiger partial charge in [-0.2, -0.15) is 0 Å². The fraction of sp³-hybridized carbons (Fsp3) is 0.385. The lowest BCUT2D eigenvalue weighted by atomic mass is 10.1. The highest BCUT2D eigenvalue weighted by Crippen LogP contribution is 2.32. The van der Waals surface area contributed by atoms with Gasteiger partial charge in [-0.1, -0.05) is 6.92 Å². The maximum Gasteiger partial charge on any atom is 0.306 e. The summed E-state index contributed by atoms with van der Waals surface area (Å²) in [6, 6.07) is 4.89. The Labute approximate surface area is 105 Å². The molecule has 2 rings (SSSR count). The van der Waals surface area contributed by atoms with Crippen LogP contribution in [-0.4, -0.2) is 25.2 Å². The van der Waals surface area contributed by atoms with Crippen molar-refractivity contribution in [3.63, 3.8) is 0 Å². The van der Waals surface area contributed by atoms with Crippen LogP contribution in [0.25, 0.3) is 0 Å². The van der Waals surface area contributed by atoms with Crippen molar-refractivity contribution in [1.82, 2.24) is 0 Å². The molecular formula is C13H14O5. The Morgan fingerprint density at radius 2 is 2.06 bits per heavy atom. The van der Waals surface area contributed by atoms with Crippen LogP contribution in [0.2, 0.25) is 0 Å². The number of rotatable bonds is 5. The van der Waals surface area contributed by atoms with E-state index in [1.807, 2.05) is 6.92 Å². The molecule has 0 unspecified atom stereocenters. The van der Waals surface area contributed by atoms with Gasteiger partial charge in [0.1, 0.15) is 0 Å². The van der Waals surface area contributed by atoms with E-state index < -0.39 is 0 Å². The molecule has 0 N–H and O–H groups in total. The standard InChI is InChI=1S/C13H14O5/c1-2-3-13(15)16-7-10(14)9-4-5-11-12(6-9)18-8-17-11/h4-6H,2-3,7-8H2,1H3. The summed E-state index contributed by atoms with van der Waals surface area (Å²) in [5.41, 5.74) is 0.448. The van der Waals surface area contributed by atoms with Crippen molar-refractivity contribution in [2.75, 3.05) is 13.4 Å². The van der Waals surface area contributed by atoms with E-state index >= 15 is 0 Å². The van der Waals surface area contributed by atoms with Crippen LogP contribution in [0.4, 0.5) is 0 Å². The molecule has 0 atom stereocenters. The van der Waals surface area contributed by atoms with Crippen molar-refractivity contribution >= 4 is 11.8 Å². The minimum atomic E-state index is -0.355. The van der Waals surface area contributed by atoms with Gasteiger partial charge in [0.25, 0.3) is 0 Å². The van der Waals surface area contributed by atoms with Gasteiger partial charge in [0.05, 0.1) is 0 Å². The Kier molecular flexibility index (Phi) is 3.82. The smallest absolute Gasteiger partial charge is 0.306 e. The number of carbonyl (C=O) groups excluding carboxylic acids is 2. The first-order chi connectivity index (χ1) is 8.70. The number of esters is 1. The number of Topliss-reactive ketones (excluding diaryl/α,β-unsaturated/α-hetero) is 1. The van der Waals surface area contributed by atoms with E-state index in [1.165, 1.54) is 0 Å². The van der Waals surface area contributed by atoms with Crippen LogP contribution in [0.5, 0.6) is 11.5 Å². The molecule has 0 spiro atoms. The lowest BCUT2D eigenvalue weighted by Crippen LogP contribution is -2.13. The van der Waals surface area contributed by atoms with Crippen LogP contribution in [0.15, 0.2) is 18.2 Å². The van der Waals surface area contributed by atoms with Crippen LogP contribution in [-0.2, 0) is 9.53 Å². The third kappa shape index (κ3) is 2.80. The highest BCUT2D eigenvalue weighted by molar-refractivity contribution is 5.98. The summed E-state index contributed by atoms with van der Waals surface area (Å²) in [7, 11) is 0. The topological polar surface area (TPSA) is 61.8 Å². The van der Waals surface area contributed by atoms with Gasteiger partial charge in [0, 0.05) is 12.0 Å². The Hall–Kier alpha value is -2.04. The maximum atomic E-state index is 11.8. The summed E-state index contributed by atoms with van der Waals surface area (Å²) < 4.78 is 15.2. The monoisotopic (exact) mass is 250 g/mol. The van der Waals surface area contributed by atoms with Gasteiger partial charge in [-0.05, 0) is 24.6 Å². The largest absolute Gasteiger partial charge is 0.457 e. The Balaban J connectivity index is 1.95. The van der Waals surface area contributed by atoms with E-state index in [4.69, 9.17) is 14.2 Å². The molecule has 0 fully saturated rings. The molecule has 0 aromatic heterocycles. The van der Waals surface area contributed by atoms with E-state index in [2.05, 4.69) is 0 Å². The van der Waals surface area contributed by atoms with E-state index in [-0.39, 0.29) is 25.2 Å². The molecule has 1 heterocycles. The Morgan fingerprint density at radius 3 is 2.83 bits per heavy atom. The second-order valence-electron chi connectivity index (χ2n) is 3.90. The summed E-state index contributed by atoms with van der Waals surface area (Å²) >= 11 is 0. The summed E-state index contributed by atoms with van der Waals surface area (Å²) in [4.78, 5) is 22.9. The fourth-order valence-corrected chi connectivity index (χ4v) is 1.58. The predicted octanol–water partition coefficient (Wildman–Crippen LogP) is 1.94. The van der Waals surface area contributed by atoms with E-state index in [9.17, 15) is 9.59 Å². The molecule has 0 bridgehead atoms. The first-order valence-electron chi connectivity index (χ1n) is 5.79. The SMILES string of the molecule is CCCC(=O)OCC(=O)c1ccc2c(c1)OCO2. The summed E-state index contributed by atoms with van der Waals surface area (Å²) in [5.74, 6) is 0.555. The highest BCUT2D eigenvalue weighted by Gasteiger charge is 2.16. The van der Waals surface area contributed by atoms with Crippen molar-refractivity contribution in [1.29, 1.82) is 0 Å². The molecule has 0 aliphatic carbocycles. The summed E-state index contributed by atoms with van der Waals surface area (Å²) in [5, 5.41) is 0. The van der Waals surface area contributed by atoms with Crippen LogP contribution >= 0.6 is 0 Å². The number of ether oxygens (including phenoxy) is 3. The lowest BCUT2D eigenvalue weighted by Gasteiger charge is -2.04. The van der Waals surface area contributed by atoms with Gasteiger partial charge in [-0.3, -0.25) is 9.59 Å². The molecule has 1 aromatic rings. The average molecular weight is 250 g/mol. The van der Waals surface area contributed by atoms with Crippen molar-refractivity contribution < 1.29 is 23.8 Å². The van der Waals surface area contributed by atoms with Crippen molar-refractivity contribution in [3.8, 4) is 11.5 Å². The average Bonchev–Trinajstić information content (AvgIpc) is 2.83. The van der Waals surface area contributed by atoms with Crippen LogP contribution in [0.3, 0.4) is 0 Å². The zero-order valence-corrected chi connectivity index (χ0v) is 10.1. The first kappa shape index (κ1) is 12.4. The fourth-order valence-electron chi connectivity index (χ4n) is 1.58. The van der Waals surface area contributed by atoms with E-state index in [1.54, 1.807) is 18.2 Å². The number of fused-ring (bicyclic) bond motifs is 1. The summed E-state index contributed by atoms with van der Waals surface area (Å²) in [6.07, 6.45) is 1.03. The van der Waals surface area contributed by atoms with Crippen molar-refractivity contribution in [2.24, 2.45) is 0 Å². The van der Waals surface area contributed by atoms with E-state index in [0.717, 1.165) is 0 Å². The second kappa shape index (κ2) is 5.53. The molecule has 96 valence electrons. The molecule has 5 nitrogen and oxygen atoms in total. The highest BCUT2D eigenvalue weighted by atomic mass is 16.7. The Morgan fingerprint density at radius 1 is 1.28 bits per heavy atom. The van der Waals surface area contributed by atoms with Crippen molar-refractivity contribution in [3.05, 3.63) is 23.8 Å². The van der Waals surface area contributed by atoms with Crippen LogP contribution < -0.4 is 9.47 Å². The van der Waals surface area contributed by atoms with E-state index in [0.29, 0.717) is 29.9 Å². The molecule has 0 amide bonds. The molecule has 0 saturated carbocycles. The number of hydrogen-bond acceptors (Lipinski definition) is 5. The molecule has 0 saturated heterocycles. The summed E-state index contributed by atoms with van der Waals surface area (Å²) in [6.45, 7) is 1.80. The normalized spacial score (nSPS) is 12.3. The van der Waals surface area contributed by atoms with Crippen LogP contribution in [0.1, 0.15) is 30.1 Å². The number of carbonyl (C=O) groups is 2. The zero-order valence-electron chi connectivity index (χ0n) is 10.1. The third-order valence-electron chi connectivity index (χ3n) is 2.51. The molecule has 0 radical (unpaired) electrons. The van der Waals surface area contributed by atoms with Gasteiger partial charge >= 0.3 is 5.97 Å². The van der Waals surface area contributed by atoms with Gasteiger partial charge in [0.15, 0.2) is 23.9 Å². The number of ketones is 1. The number of hydrogen-bond donors (Lipinski definition) is 0.